The van der Waals surface area contributed by atoms with Gasteiger partial charge < -0.3 is 10.4 Å². The third-order valence-electron chi connectivity index (χ3n) is 1.19. The van der Waals surface area contributed by atoms with Gasteiger partial charge in [-0.1, -0.05) is 5.92 Å². The minimum atomic E-state index is -0.204. The zero-order valence-corrected chi connectivity index (χ0v) is 7.13. The summed E-state index contributed by atoms with van der Waals surface area (Å²) in [5.74, 6) is 2.19. The van der Waals surface area contributed by atoms with Crippen LogP contribution in [0.25, 0.3) is 0 Å². The molecule has 0 aromatic heterocycles. The highest BCUT2D eigenvalue weighted by atomic mass is 16.3. The molecule has 0 spiro atoms. The van der Waals surface area contributed by atoms with Crippen LogP contribution in [-0.4, -0.2) is 36.8 Å². The Morgan fingerprint density at radius 1 is 1.75 bits per heavy atom. The molecule has 12 heavy (non-hydrogen) atoms. The van der Waals surface area contributed by atoms with Gasteiger partial charge in [0.05, 0.1) is 19.7 Å². The molecule has 0 fully saturated rings. The second-order valence-electron chi connectivity index (χ2n) is 2.46. The van der Waals surface area contributed by atoms with Gasteiger partial charge in [-0.15, -0.1) is 6.42 Å². The maximum absolute atomic E-state index is 10.9. The van der Waals surface area contributed by atoms with E-state index in [-0.39, 0.29) is 25.1 Å². The summed E-state index contributed by atoms with van der Waals surface area (Å²) in [4.78, 5) is 10.9. The Balaban J connectivity index is 3.41. The summed E-state index contributed by atoms with van der Waals surface area (Å²) < 4.78 is 0. The molecule has 0 rings (SSSR count). The molecular weight excluding hydrogens is 156 g/mol. The van der Waals surface area contributed by atoms with Crippen molar-refractivity contribution < 1.29 is 9.90 Å². The smallest absolute Gasteiger partial charge is 0.234 e. The number of nitrogens with one attached hydrogen (secondary N) is 2. The first-order valence-corrected chi connectivity index (χ1v) is 3.75. The average molecular weight is 170 g/mol. The van der Waals surface area contributed by atoms with Gasteiger partial charge in [-0.3, -0.25) is 10.1 Å². The Labute approximate surface area is 72.3 Å². The van der Waals surface area contributed by atoms with Crippen molar-refractivity contribution in [2.45, 2.75) is 13.0 Å². The number of rotatable bonds is 5. The van der Waals surface area contributed by atoms with Crippen LogP contribution < -0.4 is 10.6 Å². The van der Waals surface area contributed by atoms with E-state index in [1.54, 1.807) is 6.92 Å². The normalized spacial score (nSPS) is 11.8. The molecule has 4 nitrogen and oxygen atoms in total. The first kappa shape index (κ1) is 11.0. The van der Waals surface area contributed by atoms with Gasteiger partial charge in [-0.25, -0.2) is 0 Å². The SMILES string of the molecule is C#CCNCC(=O)N[C@@H](C)CO. The lowest BCUT2D eigenvalue weighted by molar-refractivity contribution is -0.121. The number of aliphatic hydroxyl groups is 1. The van der Waals surface area contributed by atoms with E-state index < -0.39 is 0 Å². The first-order valence-electron chi connectivity index (χ1n) is 3.75. The van der Waals surface area contributed by atoms with Crippen LogP contribution in [0.2, 0.25) is 0 Å². The summed E-state index contributed by atoms with van der Waals surface area (Å²) >= 11 is 0. The Kier molecular flexibility index (Phi) is 6.07. The van der Waals surface area contributed by atoms with Crippen molar-refractivity contribution in [3.05, 3.63) is 0 Å². The van der Waals surface area contributed by atoms with Crippen LogP contribution in [0.5, 0.6) is 0 Å². The van der Waals surface area contributed by atoms with Crippen molar-refractivity contribution in [1.82, 2.24) is 10.6 Å². The number of aliphatic hydroxyl groups excluding tert-OH is 1. The quantitative estimate of drug-likeness (QED) is 0.355. The van der Waals surface area contributed by atoms with Crippen LogP contribution in [0.1, 0.15) is 6.92 Å². The minimum Gasteiger partial charge on any atom is -0.394 e. The van der Waals surface area contributed by atoms with Crippen LogP contribution in [0, 0.1) is 12.3 Å². The van der Waals surface area contributed by atoms with Crippen LogP contribution in [-0.2, 0) is 4.79 Å². The van der Waals surface area contributed by atoms with E-state index in [0.717, 1.165) is 0 Å². The fourth-order valence-corrected chi connectivity index (χ4v) is 0.620. The summed E-state index contributed by atoms with van der Waals surface area (Å²) in [5.41, 5.74) is 0. The number of carbonyl (C=O) groups is 1. The maximum Gasteiger partial charge on any atom is 0.234 e. The highest BCUT2D eigenvalue weighted by Crippen LogP contribution is 1.76. The Bertz CT molecular complexity index is 174. The summed E-state index contributed by atoms with van der Waals surface area (Å²) in [6, 6.07) is -0.204. The monoisotopic (exact) mass is 170 g/mol. The van der Waals surface area contributed by atoms with Gasteiger partial charge in [-0.05, 0) is 6.92 Å². The predicted molar refractivity (Wildman–Crippen MR) is 46.4 cm³/mol. The topological polar surface area (TPSA) is 61.4 Å². The second kappa shape index (κ2) is 6.65. The number of carbonyl (C=O) groups excluding carboxylic acids is 1. The van der Waals surface area contributed by atoms with E-state index in [9.17, 15) is 4.79 Å². The molecule has 0 aliphatic heterocycles. The number of hydrogen-bond acceptors (Lipinski definition) is 3. The molecule has 4 heteroatoms. The van der Waals surface area contributed by atoms with E-state index in [2.05, 4.69) is 16.6 Å². The van der Waals surface area contributed by atoms with Gasteiger partial charge >= 0.3 is 0 Å². The number of terminal acetylenes is 1. The molecule has 1 amide bonds. The second-order valence-corrected chi connectivity index (χ2v) is 2.46. The van der Waals surface area contributed by atoms with Crippen molar-refractivity contribution >= 4 is 5.91 Å². The van der Waals surface area contributed by atoms with Crippen molar-refractivity contribution in [3.63, 3.8) is 0 Å². The van der Waals surface area contributed by atoms with Crippen LogP contribution in [0.15, 0.2) is 0 Å². The number of hydrogen-bond donors (Lipinski definition) is 3. The van der Waals surface area contributed by atoms with E-state index in [0.29, 0.717) is 6.54 Å². The zero-order chi connectivity index (χ0) is 9.40. The van der Waals surface area contributed by atoms with Crippen molar-refractivity contribution in [2.75, 3.05) is 19.7 Å². The molecule has 0 saturated carbocycles. The number of amides is 1. The molecule has 0 aliphatic carbocycles. The van der Waals surface area contributed by atoms with Gasteiger partial charge in [0, 0.05) is 6.04 Å². The van der Waals surface area contributed by atoms with Crippen LogP contribution in [0.3, 0.4) is 0 Å². The summed E-state index contributed by atoms with van der Waals surface area (Å²) in [6.45, 7) is 2.23. The van der Waals surface area contributed by atoms with E-state index in [1.165, 1.54) is 0 Å². The third kappa shape index (κ3) is 5.71. The van der Waals surface area contributed by atoms with Crippen molar-refractivity contribution in [1.29, 1.82) is 0 Å². The van der Waals surface area contributed by atoms with E-state index >= 15 is 0 Å². The molecule has 3 N–H and O–H groups in total. The molecule has 0 bridgehead atoms. The molecular formula is C8H14N2O2. The summed E-state index contributed by atoms with van der Waals surface area (Å²) in [5, 5.41) is 13.9. The lowest BCUT2D eigenvalue weighted by Crippen LogP contribution is -2.40. The fourth-order valence-electron chi connectivity index (χ4n) is 0.620. The summed E-state index contributed by atoms with van der Waals surface area (Å²) in [6.07, 6.45) is 4.96. The summed E-state index contributed by atoms with van der Waals surface area (Å²) in [7, 11) is 0. The van der Waals surface area contributed by atoms with Gasteiger partial charge in [-0.2, -0.15) is 0 Å². The highest BCUT2D eigenvalue weighted by Gasteiger charge is 2.03. The largest absolute Gasteiger partial charge is 0.394 e. The third-order valence-corrected chi connectivity index (χ3v) is 1.19. The maximum atomic E-state index is 10.9. The highest BCUT2D eigenvalue weighted by molar-refractivity contribution is 5.78. The molecule has 0 heterocycles. The molecule has 0 aliphatic rings. The molecule has 0 aromatic carbocycles. The predicted octanol–water partition coefficient (Wildman–Crippen LogP) is -1.29. The fraction of sp³-hybridized carbons (Fsp3) is 0.625. The standard InChI is InChI=1S/C8H14N2O2/c1-3-4-9-5-8(12)10-7(2)6-11/h1,7,9,11H,4-6H2,2H3,(H,10,12)/t7-/m0/s1. The van der Waals surface area contributed by atoms with Crippen molar-refractivity contribution in [2.24, 2.45) is 0 Å². The molecule has 0 aromatic rings. The molecule has 0 radical (unpaired) electrons. The van der Waals surface area contributed by atoms with Gasteiger partial charge in [0.15, 0.2) is 0 Å². The van der Waals surface area contributed by atoms with E-state index in [4.69, 9.17) is 11.5 Å². The Hall–Kier alpha value is -1.05. The van der Waals surface area contributed by atoms with Gasteiger partial charge in [0.25, 0.3) is 0 Å². The lowest BCUT2D eigenvalue weighted by atomic mass is 10.3. The average Bonchev–Trinajstić information content (AvgIpc) is 2.05. The van der Waals surface area contributed by atoms with E-state index in [1.807, 2.05) is 0 Å². The minimum absolute atomic E-state index is 0.0547. The Morgan fingerprint density at radius 2 is 2.42 bits per heavy atom. The zero-order valence-electron chi connectivity index (χ0n) is 7.13. The van der Waals surface area contributed by atoms with Crippen molar-refractivity contribution in [3.8, 4) is 12.3 Å². The first-order chi connectivity index (χ1) is 5.70. The van der Waals surface area contributed by atoms with Gasteiger partial charge in [0.1, 0.15) is 0 Å². The molecule has 1 atom stereocenters. The van der Waals surface area contributed by atoms with Crippen LogP contribution >= 0.6 is 0 Å². The van der Waals surface area contributed by atoms with Gasteiger partial charge in [0.2, 0.25) is 5.91 Å². The lowest BCUT2D eigenvalue weighted by Gasteiger charge is -2.10. The molecule has 0 saturated heterocycles. The Morgan fingerprint density at radius 3 is 2.92 bits per heavy atom. The van der Waals surface area contributed by atoms with Crippen LogP contribution in [0.4, 0.5) is 0 Å². The molecule has 68 valence electrons. The molecule has 0 unspecified atom stereocenters.